The zero-order valence-corrected chi connectivity index (χ0v) is 6.93. The predicted molar refractivity (Wildman–Crippen MR) is 48.1 cm³/mol. The zero-order chi connectivity index (χ0) is 10.1. The van der Waals surface area contributed by atoms with E-state index in [0.29, 0.717) is 11.3 Å². The number of rotatable bonds is 1. The molecule has 0 aromatic carbocycles. The molecule has 0 radical (unpaired) electrons. The second-order valence-corrected chi connectivity index (χ2v) is 2.71. The average Bonchev–Trinajstić information content (AvgIpc) is 2.16. The van der Waals surface area contributed by atoms with Crippen LogP contribution in [0.2, 0.25) is 0 Å². The second kappa shape index (κ2) is 2.91. The first-order valence-electron chi connectivity index (χ1n) is 3.80. The van der Waals surface area contributed by atoms with Crippen LogP contribution in [0.25, 0.3) is 11.3 Å². The number of nitro groups is 1. The van der Waals surface area contributed by atoms with Gasteiger partial charge >= 0.3 is 5.69 Å². The smallest absolute Gasteiger partial charge is 0.317 e. The maximum absolute atomic E-state index is 11.2. The summed E-state index contributed by atoms with van der Waals surface area (Å²) < 4.78 is 0. The molecular formula is C8H5N3O3. The SMILES string of the molecule is O=c1cc2nc[nH]cc-2cc1[N+](=O)[O-]. The van der Waals surface area contributed by atoms with Crippen LogP contribution in [0.15, 0.2) is 29.5 Å². The summed E-state index contributed by atoms with van der Waals surface area (Å²) in [7, 11) is 0. The number of hydrogen-bond acceptors (Lipinski definition) is 4. The van der Waals surface area contributed by atoms with E-state index < -0.39 is 16.0 Å². The number of H-pyrrole nitrogens is 1. The molecule has 70 valence electrons. The van der Waals surface area contributed by atoms with E-state index in [9.17, 15) is 14.9 Å². The third kappa shape index (κ3) is 1.22. The highest BCUT2D eigenvalue weighted by Crippen LogP contribution is 2.19. The highest BCUT2D eigenvalue weighted by Gasteiger charge is 2.15. The van der Waals surface area contributed by atoms with Gasteiger partial charge in [-0.15, -0.1) is 0 Å². The van der Waals surface area contributed by atoms with Crippen molar-refractivity contribution in [3.05, 3.63) is 45.0 Å². The van der Waals surface area contributed by atoms with Crippen LogP contribution in [0.4, 0.5) is 5.69 Å². The van der Waals surface area contributed by atoms with Crippen LogP contribution in [-0.2, 0) is 0 Å². The molecule has 1 heterocycles. The van der Waals surface area contributed by atoms with E-state index in [2.05, 4.69) is 9.97 Å². The van der Waals surface area contributed by atoms with Crippen molar-refractivity contribution in [3.63, 3.8) is 0 Å². The number of fused-ring (bicyclic) bond motifs is 1. The number of hydrogen-bond donors (Lipinski definition) is 1. The summed E-state index contributed by atoms with van der Waals surface area (Å²) in [5.74, 6) is 0. The van der Waals surface area contributed by atoms with E-state index in [1.807, 2.05) is 0 Å². The van der Waals surface area contributed by atoms with Crippen LogP contribution in [0, 0.1) is 10.1 Å². The lowest BCUT2D eigenvalue weighted by atomic mass is 10.1. The maximum Gasteiger partial charge on any atom is 0.317 e. The topological polar surface area (TPSA) is 88.9 Å². The molecule has 0 atom stereocenters. The summed E-state index contributed by atoms with van der Waals surface area (Å²) in [5.41, 5.74) is -0.0711. The van der Waals surface area contributed by atoms with Crippen LogP contribution >= 0.6 is 0 Å². The van der Waals surface area contributed by atoms with Gasteiger partial charge in [0.05, 0.1) is 16.9 Å². The molecule has 2 rings (SSSR count). The Hall–Kier alpha value is -2.24. The first-order chi connectivity index (χ1) is 6.68. The van der Waals surface area contributed by atoms with Gasteiger partial charge in [-0.25, -0.2) is 4.98 Å². The van der Waals surface area contributed by atoms with Crippen LogP contribution < -0.4 is 5.43 Å². The average molecular weight is 191 g/mol. The summed E-state index contributed by atoms with van der Waals surface area (Å²) in [4.78, 5) is 27.5. The third-order valence-electron chi connectivity index (χ3n) is 1.82. The highest BCUT2D eigenvalue weighted by molar-refractivity contribution is 5.63. The summed E-state index contributed by atoms with van der Waals surface area (Å²) in [6.45, 7) is 0. The molecule has 0 unspecified atom stereocenters. The number of nitro benzene ring substituents is 1. The number of nitrogens with one attached hydrogen (secondary N) is 1. The molecule has 1 aliphatic heterocycles. The van der Waals surface area contributed by atoms with Gasteiger partial charge in [0.2, 0.25) is 0 Å². The Labute approximate surface area is 77.7 Å². The van der Waals surface area contributed by atoms with Crippen molar-refractivity contribution >= 4 is 5.69 Å². The molecule has 0 aromatic heterocycles. The van der Waals surface area contributed by atoms with Gasteiger partial charge in [0.15, 0.2) is 0 Å². The Morgan fingerprint density at radius 1 is 1.43 bits per heavy atom. The molecule has 1 N–H and O–H groups in total. The van der Waals surface area contributed by atoms with Crippen LogP contribution in [0.5, 0.6) is 0 Å². The summed E-state index contributed by atoms with van der Waals surface area (Å²) in [5, 5.41) is 10.4. The van der Waals surface area contributed by atoms with Crippen LogP contribution in [-0.4, -0.2) is 14.9 Å². The van der Waals surface area contributed by atoms with Gasteiger partial charge in [-0.2, -0.15) is 0 Å². The largest absolute Gasteiger partial charge is 0.352 e. The lowest BCUT2D eigenvalue weighted by Gasteiger charge is -2.00. The van der Waals surface area contributed by atoms with E-state index in [1.54, 1.807) is 6.20 Å². The van der Waals surface area contributed by atoms with Gasteiger partial charge in [0, 0.05) is 23.9 Å². The molecule has 2 aliphatic rings. The lowest BCUT2D eigenvalue weighted by Crippen LogP contribution is -2.08. The van der Waals surface area contributed by atoms with Crippen molar-refractivity contribution in [3.8, 4) is 11.3 Å². The van der Waals surface area contributed by atoms with Crippen LogP contribution in [0.1, 0.15) is 0 Å². The minimum absolute atomic E-state index is 0.432. The molecule has 0 aromatic rings. The Bertz CT molecular complexity index is 520. The Kier molecular flexibility index (Phi) is 1.74. The zero-order valence-electron chi connectivity index (χ0n) is 6.93. The Balaban J connectivity index is 2.79. The summed E-state index contributed by atoms with van der Waals surface area (Å²) in [6, 6.07) is 2.36. The molecule has 6 heteroatoms. The third-order valence-corrected chi connectivity index (χ3v) is 1.82. The summed E-state index contributed by atoms with van der Waals surface area (Å²) in [6.07, 6.45) is 2.96. The fourth-order valence-electron chi connectivity index (χ4n) is 1.18. The first-order valence-corrected chi connectivity index (χ1v) is 3.80. The fraction of sp³-hybridized carbons (Fsp3) is 0. The molecule has 6 nitrogen and oxygen atoms in total. The molecular weight excluding hydrogens is 186 g/mol. The van der Waals surface area contributed by atoms with Crippen molar-refractivity contribution in [1.82, 2.24) is 9.97 Å². The molecule has 14 heavy (non-hydrogen) atoms. The fourth-order valence-corrected chi connectivity index (χ4v) is 1.18. The van der Waals surface area contributed by atoms with Gasteiger partial charge in [-0.3, -0.25) is 14.9 Å². The minimum atomic E-state index is -0.700. The molecule has 0 bridgehead atoms. The number of aromatic nitrogens is 2. The van der Waals surface area contributed by atoms with Crippen molar-refractivity contribution in [2.45, 2.75) is 0 Å². The lowest BCUT2D eigenvalue weighted by molar-refractivity contribution is -0.385. The van der Waals surface area contributed by atoms with Gasteiger partial charge in [-0.05, 0) is 0 Å². The van der Waals surface area contributed by atoms with Gasteiger partial charge < -0.3 is 4.98 Å². The predicted octanol–water partition coefficient (Wildman–Crippen LogP) is 0.783. The van der Waals surface area contributed by atoms with Crippen molar-refractivity contribution in [2.24, 2.45) is 0 Å². The Morgan fingerprint density at radius 3 is 2.93 bits per heavy atom. The Morgan fingerprint density at radius 2 is 2.21 bits per heavy atom. The number of non-ortho nitro benzene ring substituents is 1. The molecule has 0 saturated heterocycles. The highest BCUT2D eigenvalue weighted by atomic mass is 16.6. The molecule has 0 saturated carbocycles. The van der Waals surface area contributed by atoms with E-state index in [4.69, 9.17) is 0 Å². The van der Waals surface area contributed by atoms with Gasteiger partial charge in [0.25, 0.3) is 5.43 Å². The second-order valence-electron chi connectivity index (χ2n) is 2.71. The van der Waals surface area contributed by atoms with Gasteiger partial charge in [-0.1, -0.05) is 0 Å². The van der Waals surface area contributed by atoms with Crippen molar-refractivity contribution in [1.29, 1.82) is 0 Å². The molecule has 1 aliphatic carbocycles. The quantitative estimate of drug-likeness (QED) is 0.532. The molecule has 0 fully saturated rings. The maximum atomic E-state index is 11.2. The van der Waals surface area contributed by atoms with Gasteiger partial charge in [0.1, 0.15) is 0 Å². The van der Waals surface area contributed by atoms with E-state index in [0.717, 1.165) is 6.07 Å². The number of benzene rings is 1. The molecule has 0 spiro atoms. The number of aromatic amines is 1. The van der Waals surface area contributed by atoms with Crippen molar-refractivity contribution < 1.29 is 4.92 Å². The normalized spacial score (nSPS) is 10.3. The van der Waals surface area contributed by atoms with E-state index in [-0.39, 0.29) is 0 Å². The van der Waals surface area contributed by atoms with E-state index >= 15 is 0 Å². The monoisotopic (exact) mass is 191 g/mol. The van der Waals surface area contributed by atoms with Crippen LogP contribution in [0.3, 0.4) is 0 Å². The van der Waals surface area contributed by atoms with Crippen molar-refractivity contribution in [2.75, 3.05) is 0 Å². The van der Waals surface area contributed by atoms with E-state index in [1.165, 1.54) is 12.4 Å². The summed E-state index contributed by atoms with van der Waals surface area (Å²) >= 11 is 0. The molecule has 0 amide bonds. The number of nitrogens with zero attached hydrogens (tertiary/aromatic N) is 2. The standard InChI is InChI=1S/C8H5N3O3/c12-8-2-6-5(3-9-4-10-6)1-7(8)11(13)14/h1-4H,(H,9,10). The minimum Gasteiger partial charge on any atom is -0.352 e. The first kappa shape index (κ1) is 8.36.